The first kappa shape index (κ1) is 13.6. The van der Waals surface area contributed by atoms with Gasteiger partial charge < -0.3 is 5.32 Å². The average Bonchev–Trinajstić information content (AvgIpc) is 2.24. The van der Waals surface area contributed by atoms with E-state index in [0.29, 0.717) is 11.1 Å². The van der Waals surface area contributed by atoms with Gasteiger partial charge in [0.1, 0.15) is 0 Å². The zero-order valence-corrected chi connectivity index (χ0v) is 10.6. The molecule has 0 saturated heterocycles. The lowest BCUT2D eigenvalue weighted by Gasteiger charge is -2.06. The first-order chi connectivity index (χ1) is 7.86. The molecule has 17 heavy (non-hydrogen) atoms. The summed E-state index contributed by atoms with van der Waals surface area (Å²) < 4.78 is 22.2. The molecule has 0 atom stereocenters. The third-order valence-corrected chi connectivity index (χ3v) is 3.43. The first-order valence-electron chi connectivity index (χ1n) is 4.63. The molecule has 0 aliphatic carbocycles. The number of terminal acetylenes is 1. The second-order valence-electron chi connectivity index (χ2n) is 3.30. The third-order valence-electron chi connectivity index (χ3n) is 2.08. The Bertz CT molecular complexity index is 587. The van der Waals surface area contributed by atoms with E-state index in [0.717, 1.165) is 0 Å². The van der Waals surface area contributed by atoms with Crippen LogP contribution in [-0.4, -0.2) is 20.9 Å². The molecule has 1 aromatic carbocycles. The van der Waals surface area contributed by atoms with E-state index in [1.165, 1.54) is 18.2 Å². The molecular weight excluding hydrogens is 262 g/mol. The number of hydrogen-bond donors (Lipinski definition) is 1. The van der Waals surface area contributed by atoms with Gasteiger partial charge in [-0.1, -0.05) is 5.92 Å². The van der Waals surface area contributed by atoms with Crippen LogP contribution in [0, 0.1) is 19.3 Å². The number of halogens is 1. The van der Waals surface area contributed by atoms with Crippen LogP contribution in [0.4, 0.5) is 0 Å². The smallest absolute Gasteiger partial charge is 0.261 e. The molecule has 0 radical (unpaired) electrons. The molecule has 0 heterocycles. The molecule has 1 N–H and O–H groups in total. The van der Waals surface area contributed by atoms with Crippen LogP contribution in [0.5, 0.6) is 0 Å². The second kappa shape index (κ2) is 5.21. The van der Waals surface area contributed by atoms with Crippen molar-refractivity contribution in [1.82, 2.24) is 5.32 Å². The highest BCUT2D eigenvalue weighted by atomic mass is 35.7. The minimum absolute atomic E-state index is 0.0369. The highest BCUT2D eigenvalue weighted by molar-refractivity contribution is 8.13. The Morgan fingerprint density at radius 1 is 1.53 bits per heavy atom. The van der Waals surface area contributed by atoms with E-state index in [9.17, 15) is 13.2 Å². The van der Waals surface area contributed by atoms with Crippen LogP contribution >= 0.6 is 10.7 Å². The van der Waals surface area contributed by atoms with Crippen LogP contribution in [0.1, 0.15) is 15.9 Å². The van der Waals surface area contributed by atoms with Gasteiger partial charge in [-0.25, -0.2) is 8.42 Å². The molecule has 0 spiro atoms. The summed E-state index contributed by atoms with van der Waals surface area (Å²) >= 11 is 0. The molecule has 0 aromatic heterocycles. The molecule has 1 aromatic rings. The number of aryl methyl sites for hydroxylation is 1. The summed E-state index contributed by atoms with van der Waals surface area (Å²) in [7, 11) is 1.41. The van der Waals surface area contributed by atoms with Gasteiger partial charge in [-0.05, 0) is 30.7 Å². The molecule has 90 valence electrons. The van der Waals surface area contributed by atoms with E-state index in [1.54, 1.807) is 6.92 Å². The summed E-state index contributed by atoms with van der Waals surface area (Å²) in [5.74, 6) is 1.93. The number of rotatable bonds is 3. The minimum atomic E-state index is -3.78. The Labute approximate surface area is 104 Å². The zero-order valence-electron chi connectivity index (χ0n) is 9.03. The lowest BCUT2D eigenvalue weighted by atomic mass is 10.1. The van der Waals surface area contributed by atoms with E-state index in [1.807, 2.05) is 0 Å². The molecule has 0 saturated carbocycles. The second-order valence-corrected chi connectivity index (χ2v) is 5.87. The molecule has 0 fully saturated rings. The molecule has 6 heteroatoms. The summed E-state index contributed by atoms with van der Waals surface area (Å²) in [4.78, 5) is 11.6. The van der Waals surface area contributed by atoms with Crippen molar-refractivity contribution in [3.8, 4) is 12.3 Å². The lowest BCUT2D eigenvalue weighted by molar-refractivity contribution is 0.0958. The normalized spacial score (nSPS) is 10.6. The van der Waals surface area contributed by atoms with Crippen molar-refractivity contribution in [2.45, 2.75) is 11.8 Å². The number of carbonyl (C=O) groups is 1. The van der Waals surface area contributed by atoms with Crippen LogP contribution in [0.25, 0.3) is 0 Å². The van der Waals surface area contributed by atoms with Crippen molar-refractivity contribution in [2.24, 2.45) is 0 Å². The van der Waals surface area contributed by atoms with Crippen LogP contribution in [0.2, 0.25) is 0 Å². The highest BCUT2D eigenvalue weighted by Crippen LogP contribution is 2.18. The average molecular weight is 272 g/mol. The molecule has 0 aliphatic rings. The molecule has 0 bridgehead atoms. The Balaban J connectivity index is 3.07. The maximum atomic E-state index is 11.6. The summed E-state index contributed by atoms with van der Waals surface area (Å²) in [6.45, 7) is 1.74. The summed E-state index contributed by atoms with van der Waals surface area (Å²) in [6.07, 6.45) is 5.01. The van der Waals surface area contributed by atoms with Gasteiger partial charge in [0, 0.05) is 16.2 Å². The quantitative estimate of drug-likeness (QED) is 0.665. The largest absolute Gasteiger partial charge is 0.341 e. The molecule has 4 nitrogen and oxygen atoms in total. The topological polar surface area (TPSA) is 63.2 Å². The molecular formula is C11H10ClNO3S. The fourth-order valence-corrected chi connectivity index (χ4v) is 2.11. The Morgan fingerprint density at radius 3 is 2.65 bits per heavy atom. The number of hydrogen-bond acceptors (Lipinski definition) is 3. The van der Waals surface area contributed by atoms with Crippen LogP contribution in [0.3, 0.4) is 0 Å². The van der Waals surface area contributed by atoms with Gasteiger partial charge in [0.25, 0.3) is 15.0 Å². The monoisotopic (exact) mass is 271 g/mol. The maximum absolute atomic E-state index is 11.6. The van der Waals surface area contributed by atoms with Crippen LogP contribution < -0.4 is 5.32 Å². The van der Waals surface area contributed by atoms with Gasteiger partial charge in [0.15, 0.2) is 0 Å². The zero-order chi connectivity index (χ0) is 13.1. The van der Waals surface area contributed by atoms with E-state index in [4.69, 9.17) is 17.1 Å². The van der Waals surface area contributed by atoms with Crippen molar-refractivity contribution in [3.63, 3.8) is 0 Å². The summed E-state index contributed by atoms with van der Waals surface area (Å²) in [6, 6.07) is 4.02. The maximum Gasteiger partial charge on any atom is 0.261 e. The van der Waals surface area contributed by atoms with Gasteiger partial charge in [0.05, 0.1) is 11.4 Å². The van der Waals surface area contributed by atoms with Gasteiger partial charge in [-0.3, -0.25) is 4.79 Å². The van der Waals surface area contributed by atoms with Crippen molar-refractivity contribution >= 4 is 25.6 Å². The Hall–Kier alpha value is -1.51. The van der Waals surface area contributed by atoms with E-state index in [2.05, 4.69) is 11.2 Å². The number of benzene rings is 1. The van der Waals surface area contributed by atoms with Crippen molar-refractivity contribution in [3.05, 3.63) is 29.3 Å². The SMILES string of the molecule is C#CCNC(=O)c1ccc(S(=O)(=O)Cl)cc1C. The van der Waals surface area contributed by atoms with Gasteiger partial charge in [0.2, 0.25) is 0 Å². The number of amides is 1. The molecule has 0 unspecified atom stereocenters. The standard InChI is InChI=1S/C11H10ClNO3S/c1-3-6-13-11(14)10-5-4-9(7-8(10)2)17(12,15)16/h1,4-5,7H,6H2,2H3,(H,13,14). The van der Waals surface area contributed by atoms with Crippen molar-refractivity contribution < 1.29 is 13.2 Å². The molecule has 1 rings (SSSR count). The summed E-state index contributed by atoms with van der Waals surface area (Å²) in [5.41, 5.74) is 0.880. The van der Waals surface area contributed by atoms with Gasteiger partial charge in [-0.15, -0.1) is 6.42 Å². The van der Waals surface area contributed by atoms with E-state index < -0.39 is 9.05 Å². The third kappa shape index (κ3) is 3.48. The predicted molar refractivity (Wildman–Crippen MR) is 65.4 cm³/mol. The molecule has 1 amide bonds. The predicted octanol–water partition coefficient (Wildman–Crippen LogP) is 1.29. The van der Waals surface area contributed by atoms with Gasteiger partial charge in [-0.2, -0.15) is 0 Å². The fourth-order valence-electron chi connectivity index (χ4n) is 1.27. The number of nitrogens with one attached hydrogen (secondary N) is 1. The number of carbonyl (C=O) groups excluding carboxylic acids is 1. The van der Waals surface area contributed by atoms with Crippen molar-refractivity contribution in [1.29, 1.82) is 0 Å². The van der Waals surface area contributed by atoms with E-state index >= 15 is 0 Å². The first-order valence-corrected chi connectivity index (χ1v) is 6.94. The Kier molecular flexibility index (Phi) is 4.16. The summed E-state index contributed by atoms with van der Waals surface area (Å²) in [5, 5.41) is 2.49. The van der Waals surface area contributed by atoms with Crippen LogP contribution in [-0.2, 0) is 9.05 Å². The fraction of sp³-hybridized carbons (Fsp3) is 0.182. The highest BCUT2D eigenvalue weighted by Gasteiger charge is 2.14. The lowest BCUT2D eigenvalue weighted by Crippen LogP contribution is -2.24. The minimum Gasteiger partial charge on any atom is -0.341 e. The van der Waals surface area contributed by atoms with Crippen LogP contribution in [0.15, 0.2) is 23.1 Å². The Morgan fingerprint density at radius 2 is 2.18 bits per heavy atom. The van der Waals surface area contributed by atoms with Crippen molar-refractivity contribution in [2.75, 3.05) is 6.54 Å². The van der Waals surface area contributed by atoms with Gasteiger partial charge >= 0.3 is 0 Å². The van der Waals surface area contributed by atoms with E-state index in [-0.39, 0.29) is 17.3 Å². The molecule has 0 aliphatic heterocycles.